The van der Waals surface area contributed by atoms with Crippen molar-refractivity contribution in [3.05, 3.63) is 35.7 Å². The Balaban J connectivity index is 1.92. The minimum Gasteiger partial charge on any atom is -0.334 e. The molecule has 1 saturated carbocycles. The van der Waals surface area contributed by atoms with E-state index in [9.17, 15) is 8.78 Å². The van der Waals surface area contributed by atoms with E-state index in [0.717, 1.165) is 25.0 Å². The summed E-state index contributed by atoms with van der Waals surface area (Å²) in [7, 11) is 0. The minimum absolute atomic E-state index is 0.0265. The first-order valence-corrected chi connectivity index (χ1v) is 5.70. The maximum atomic E-state index is 13.5. The van der Waals surface area contributed by atoms with Gasteiger partial charge in [-0.05, 0) is 30.9 Å². The van der Waals surface area contributed by atoms with E-state index in [2.05, 4.69) is 10.1 Å². The molecule has 18 heavy (non-hydrogen) atoms. The lowest BCUT2D eigenvalue weighted by Gasteiger charge is -2.01. The summed E-state index contributed by atoms with van der Waals surface area (Å²) in [5.74, 6) is -0.598. The fourth-order valence-electron chi connectivity index (χ4n) is 1.81. The normalized spacial score (nSPS) is 16.8. The number of rotatable bonds is 3. The van der Waals surface area contributed by atoms with Crippen LogP contribution in [-0.4, -0.2) is 10.1 Å². The van der Waals surface area contributed by atoms with Gasteiger partial charge in [0.25, 0.3) is 5.89 Å². The number of benzene rings is 1. The van der Waals surface area contributed by atoms with Crippen LogP contribution in [0.2, 0.25) is 0 Å². The lowest BCUT2D eigenvalue weighted by molar-refractivity contribution is 0.409. The van der Waals surface area contributed by atoms with Gasteiger partial charge in [0.15, 0.2) is 5.82 Å². The standard InChI is InChI=1S/C12H11F2N3O/c13-7-3-4-8(9(14)5-7)12-16-11(17-18-12)10(15)6-1-2-6/h3-6,10H,1-2,15H2. The zero-order valence-electron chi connectivity index (χ0n) is 9.44. The largest absolute Gasteiger partial charge is 0.334 e. The molecule has 2 N–H and O–H groups in total. The van der Waals surface area contributed by atoms with E-state index in [1.165, 1.54) is 6.07 Å². The van der Waals surface area contributed by atoms with Crippen molar-refractivity contribution in [1.29, 1.82) is 0 Å². The van der Waals surface area contributed by atoms with Crippen molar-refractivity contribution in [3.8, 4) is 11.5 Å². The van der Waals surface area contributed by atoms with E-state index < -0.39 is 11.6 Å². The average molecular weight is 251 g/mol. The zero-order valence-corrected chi connectivity index (χ0v) is 9.44. The van der Waals surface area contributed by atoms with E-state index >= 15 is 0 Å². The zero-order chi connectivity index (χ0) is 12.7. The van der Waals surface area contributed by atoms with Crippen LogP contribution in [0.4, 0.5) is 8.78 Å². The van der Waals surface area contributed by atoms with Crippen molar-refractivity contribution in [3.63, 3.8) is 0 Å². The summed E-state index contributed by atoms with van der Waals surface area (Å²) in [6.07, 6.45) is 2.10. The van der Waals surface area contributed by atoms with Crippen LogP contribution >= 0.6 is 0 Å². The summed E-state index contributed by atoms with van der Waals surface area (Å²) in [6.45, 7) is 0. The number of nitrogens with two attached hydrogens (primary N) is 1. The van der Waals surface area contributed by atoms with Gasteiger partial charge in [-0.1, -0.05) is 5.16 Å². The third-order valence-electron chi connectivity index (χ3n) is 3.03. The van der Waals surface area contributed by atoms with Crippen LogP contribution in [0.5, 0.6) is 0 Å². The van der Waals surface area contributed by atoms with E-state index in [1.54, 1.807) is 0 Å². The molecule has 3 rings (SSSR count). The summed E-state index contributed by atoms with van der Waals surface area (Å²) >= 11 is 0. The highest BCUT2D eigenvalue weighted by atomic mass is 19.1. The third kappa shape index (κ3) is 1.99. The van der Waals surface area contributed by atoms with Crippen LogP contribution in [0.25, 0.3) is 11.5 Å². The molecular formula is C12H11F2N3O. The van der Waals surface area contributed by atoms with Crippen molar-refractivity contribution in [1.82, 2.24) is 10.1 Å². The van der Waals surface area contributed by atoms with Gasteiger partial charge in [-0.3, -0.25) is 0 Å². The van der Waals surface area contributed by atoms with Crippen molar-refractivity contribution < 1.29 is 13.3 Å². The molecular weight excluding hydrogens is 240 g/mol. The van der Waals surface area contributed by atoms with Gasteiger partial charge in [-0.25, -0.2) is 8.78 Å². The highest BCUT2D eigenvalue weighted by Crippen LogP contribution is 2.38. The highest BCUT2D eigenvalue weighted by molar-refractivity contribution is 5.53. The predicted molar refractivity (Wildman–Crippen MR) is 59.3 cm³/mol. The Morgan fingerprint density at radius 3 is 2.78 bits per heavy atom. The minimum atomic E-state index is -0.731. The van der Waals surface area contributed by atoms with Crippen LogP contribution in [0.15, 0.2) is 22.7 Å². The Hall–Kier alpha value is -1.82. The summed E-state index contributed by atoms with van der Waals surface area (Å²) < 4.78 is 31.3. The molecule has 0 radical (unpaired) electrons. The molecule has 1 fully saturated rings. The Bertz CT molecular complexity index is 580. The van der Waals surface area contributed by atoms with Crippen molar-refractivity contribution in [2.24, 2.45) is 11.7 Å². The molecule has 0 amide bonds. The summed E-state index contributed by atoms with van der Waals surface area (Å²) in [5, 5.41) is 3.75. The number of hydrogen-bond donors (Lipinski definition) is 1. The van der Waals surface area contributed by atoms with Crippen molar-refractivity contribution in [2.45, 2.75) is 18.9 Å². The third-order valence-corrected chi connectivity index (χ3v) is 3.03. The van der Waals surface area contributed by atoms with Gasteiger partial charge in [0, 0.05) is 6.07 Å². The van der Waals surface area contributed by atoms with Crippen LogP contribution in [0, 0.1) is 17.6 Å². The average Bonchev–Trinajstić information content (AvgIpc) is 3.07. The van der Waals surface area contributed by atoms with Gasteiger partial charge in [0.1, 0.15) is 11.6 Å². The van der Waals surface area contributed by atoms with Gasteiger partial charge >= 0.3 is 0 Å². The second-order valence-electron chi connectivity index (χ2n) is 4.45. The topological polar surface area (TPSA) is 64.9 Å². The predicted octanol–water partition coefficient (Wildman–Crippen LogP) is 2.42. The fraction of sp³-hybridized carbons (Fsp3) is 0.333. The van der Waals surface area contributed by atoms with Gasteiger partial charge in [-0.2, -0.15) is 4.98 Å². The molecule has 2 aromatic rings. The second kappa shape index (κ2) is 4.13. The van der Waals surface area contributed by atoms with Crippen molar-refractivity contribution >= 4 is 0 Å². The SMILES string of the molecule is NC(c1noc(-c2ccc(F)cc2F)n1)C1CC1. The maximum Gasteiger partial charge on any atom is 0.260 e. The van der Waals surface area contributed by atoms with Crippen LogP contribution in [-0.2, 0) is 0 Å². The molecule has 0 spiro atoms. The molecule has 6 heteroatoms. The van der Waals surface area contributed by atoms with E-state index in [-0.39, 0.29) is 17.5 Å². The van der Waals surface area contributed by atoms with Gasteiger partial charge in [0.05, 0.1) is 11.6 Å². The Morgan fingerprint density at radius 1 is 1.33 bits per heavy atom. The molecule has 0 saturated heterocycles. The lowest BCUT2D eigenvalue weighted by atomic mass is 10.2. The molecule has 0 bridgehead atoms. The first-order chi connectivity index (χ1) is 8.65. The van der Waals surface area contributed by atoms with Crippen LogP contribution in [0.3, 0.4) is 0 Å². The maximum absolute atomic E-state index is 13.5. The first kappa shape index (κ1) is 11.3. The quantitative estimate of drug-likeness (QED) is 0.909. The van der Waals surface area contributed by atoms with Crippen LogP contribution < -0.4 is 5.73 Å². The van der Waals surface area contributed by atoms with Crippen LogP contribution in [0.1, 0.15) is 24.7 Å². The van der Waals surface area contributed by atoms with Crippen molar-refractivity contribution in [2.75, 3.05) is 0 Å². The van der Waals surface area contributed by atoms with E-state index in [0.29, 0.717) is 11.7 Å². The highest BCUT2D eigenvalue weighted by Gasteiger charge is 2.32. The second-order valence-corrected chi connectivity index (χ2v) is 4.45. The molecule has 1 unspecified atom stereocenters. The van der Waals surface area contributed by atoms with Gasteiger partial charge in [-0.15, -0.1) is 0 Å². The Kier molecular flexibility index (Phi) is 2.59. The molecule has 1 aromatic heterocycles. The molecule has 94 valence electrons. The number of nitrogens with zero attached hydrogens (tertiary/aromatic N) is 2. The number of hydrogen-bond acceptors (Lipinski definition) is 4. The molecule has 1 atom stereocenters. The molecule has 1 aromatic carbocycles. The summed E-state index contributed by atoms with van der Waals surface area (Å²) in [5.41, 5.74) is 6.00. The fourth-order valence-corrected chi connectivity index (χ4v) is 1.81. The molecule has 0 aliphatic heterocycles. The summed E-state index contributed by atoms with van der Waals surface area (Å²) in [4.78, 5) is 4.07. The van der Waals surface area contributed by atoms with Gasteiger partial charge < -0.3 is 10.3 Å². The molecule has 4 nitrogen and oxygen atoms in total. The smallest absolute Gasteiger partial charge is 0.260 e. The summed E-state index contributed by atoms with van der Waals surface area (Å²) in [6, 6.07) is 2.92. The van der Waals surface area contributed by atoms with E-state index in [4.69, 9.17) is 10.3 Å². The number of halogens is 2. The molecule has 1 aliphatic rings. The molecule has 1 aliphatic carbocycles. The Morgan fingerprint density at radius 2 is 2.11 bits per heavy atom. The van der Waals surface area contributed by atoms with Gasteiger partial charge in [0.2, 0.25) is 0 Å². The first-order valence-electron chi connectivity index (χ1n) is 5.70. The monoisotopic (exact) mass is 251 g/mol. The number of aromatic nitrogens is 2. The van der Waals surface area contributed by atoms with E-state index in [1.807, 2.05) is 0 Å². The molecule has 1 heterocycles. The Labute approximate surface area is 102 Å². The lowest BCUT2D eigenvalue weighted by Crippen LogP contribution is -2.13.